The summed E-state index contributed by atoms with van der Waals surface area (Å²) >= 11 is 0. The summed E-state index contributed by atoms with van der Waals surface area (Å²) in [6.07, 6.45) is 0. The van der Waals surface area contributed by atoms with Crippen LogP contribution in [0, 0.1) is 0 Å². The average Bonchev–Trinajstić information content (AvgIpc) is 2.49. The molecule has 0 radical (unpaired) electrons. The number of carbonyl (C=O) groups excluding carboxylic acids is 1. The van der Waals surface area contributed by atoms with E-state index in [2.05, 4.69) is 0 Å². The summed E-state index contributed by atoms with van der Waals surface area (Å²) in [6, 6.07) is 17.6. The number of aliphatic hydroxyl groups excluding tert-OH is 1. The van der Waals surface area contributed by atoms with Crippen LogP contribution in [0.3, 0.4) is 0 Å². The topological polar surface area (TPSA) is 65.0 Å². The third-order valence-corrected chi connectivity index (χ3v) is 2.31. The van der Waals surface area contributed by atoms with Gasteiger partial charge in [-0.05, 0) is 24.3 Å². The Morgan fingerprint density at radius 3 is 1.75 bits per heavy atom. The number of benzene rings is 2. The molecule has 5 nitrogen and oxygen atoms in total. The first-order valence-electron chi connectivity index (χ1n) is 6.01. The standard InChI is InChI=1S/C14H13BO5/c16-11-14(17)20-15(18-12-7-3-1-4-8-12)19-13-9-5-2-6-10-13/h1-10,16H,11H2. The molecule has 0 atom stereocenters. The van der Waals surface area contributed by atoms with Gasteiger partial charge in [0.05, 0.1) is 0 Å². The maximum Gasteiger partial charge on any atom is 0.866 e. The number of rotatable bonds is 6. The number of carbonyl (C=O) groups is 1. The minimum Gasteiger partial charge on any atom is -0.490 e. The van der Waals surface area contributed by atoms with Gasteiger partial charge >= 0.3 is 13.3 Å². The lowest BCUT2D eigenvalue weighted by Gasteiger charge is -2.14. The normalized spacial score (nSPS) is 9.65. The molecule has 0 saturated carbocycles. The minimum absolute atomic E-state index is 0.485. The van der Waals surface area contributed by atoms with Gasteiger partial charge in [-0.15, -0.1) is 0 Å². The second-order valence-corrected chi connectivity index (χ2v) is 3.80. The molecule has 0 spiro atoms. The Labute approximate surface area is 116 Å². The van der Waals surface area contributed by atoms with Crippen molar-refractivity contribution >= 4 is 13.3 Å². The van der Waals surface area contributed by atoms with Crippen LogP contribution in [0.4, 0.5) is 0 Å². The van der Waals surface area contributed by atoms with Crippen LogP contribution < -0.4 is 9.31 Å². The van der Waals surface area contributed by atoms with Crippen molar-refractivity contribution in [2.45, 2.75) is 0 Å². The zero-order valence-corrected chi connectivity index (χ0v) is 10.6. The Bertz CT molecular complexity index is 490. The van der Waals surface area contributed by atoms with Gasteiger partial charge in [0.25, 0.3) is 0 Å². The van der Waals surface area contributed by atoms with Crippen molar-refractivity contribution in [2.24, 2.45) is 0 Å². The van der Waals surface area contributed by atoms with Crippen LogP contribution in [0.5, 0.6) is 11.5 Å². The fraction of sp³-hybridized carbons (Fsp3) is 0.0714. The molecule has 0 aliphatic rings. The number of aliphatic hydroxyl groups is 1. The van der Waals surface area contributed by atoms with E-state index in [1.54, 1.807) is 48.5 Å². The molecular formula is C14H13BO5. The van der Waals surface area contributed by atoms with E-state index in [0.717, 1.165) is 0 Å². The lowest BCUT2D eigenvalue weighted by Crippen LogP contribution is -2.36. The summed E-state index contributed by atoms with van der Waals surface area (Å²) in [5.41, 5.74) is 0. The Balaban J connectivity index is 2.06. The fourth-order valence-electron chi connectivity index (χ4n) is 1.44. The van der Waals surface area contributed by atoms with Crippen LogP contribution in [-0.2, 0) is 9.45 Å². The number of hydrogen-bond donors (Lipinski definition) is 1. The summed E-state index contributed by atoms with van der Waals surface area (Å²) in [5, 5.41) is 8.73. The van der Waals surface area contributed by atoms with Crippen LogP contribution in [0.1, 0.15) is 0 Å². The summed E-state index contributed by atoms with van der Waals surface area (Å²) in [4.78, 5) is 11.2. The van der Waals surface area contributed by atoms with Gasteiger partial charge in [-0.1, -0.05) is 36.4 Å². The fourth-order valence-corrected chi connectivity index (χ4v) is 1.44. The molecule has 2 aromatic rings. The zero-order valence-electron chi connectivity index (χ0n) is 10.6. The van der Waals surface area contributed by atoms with Crippen molar-refractivity contribution < 1.29 is 23.9 Å². The molecule has 102 valence electrons. The van der Waals surface area contributed by atoms with E-state index in [9.17, 15) is 4.79 Å². The van der Waals surface area contributed by atoms with E-state index in [0.29, 0.717) is 11.5 Å². The van der Waals surface area contributed by atoms with E-state index in [1.807, 2.05) is 12.1 Å². The minimum atomic E-state index is -1.26. The number of para-hydroxylation sites is 2. The molecule has 0 saturated heterocycles. The smallest absolute Gasteiger partial charge is 0.490 e. The van der Waals surface area contributed by atoms with Crippen molar-refractivity contribution in [1.82, 2.24) is 0 Å². The second-order valence-electron chi connectivity index (χ2n) is 3.80. The Hall–Kier alpha value is -2.47. The second kappa shape index (κ2) is 7.20. The average molecular weight is 272 g/mol. The van der Waals surface area contributed by atoms with E-state index >= 15 is 0 Å². The SMILES string of the molecule is O=C(CO)OB(Oc1ccccc1)Oc1ccccc1. The Morgan fingerprint density at radius 2 is 1.35 bits per heavy atom. The first-order valence-corrected chi connectivity index (χ1v) is 6.01. The van der Waals surface area contributed by atoms with Gasteiger partial charge < -0.3 is 19.1 Å². The predicted octanol–water partition coefficient (Wildman–Crippen LogP) is 1.66. The lowest BCUT2D eigenvalue weighted by atomic mass is 10.2. The molecule has 2 aromatic carbocycles. The molecule has 20 heavy (non-hydrogen) atoms. The summed E-state index contributed by atoms with van der Waals surface area (Å²) < 4.78 is 15.7. The quantitative estimate of drug-likeness (QED) is 0.810. The molecule has 1 N–H and O–H groups in total. The van der Waals surface area contributed by atoms with Gasteiger partial charge in [-0.2, -0.15) is 0 Å². The molecule has 0 aliphatic carbocycles. The molecule has 6 heteroatoms. The molecule has 2 rings (SSSR count). The predicted molar refractivity (Wildman–Crippen MR) is 73.1 cm³/mol. The first-order chi connectivity index (χ1) is 9.78. The van der Waals surface area contributed by atoms with Crippen molar-refractivity contribution in [1.29, 1.82) is 0 Å². The summed E-state index contributed by atoms with van der Waals surface area (Å²) in [5.74, 6) is 0.139. The first kappa shape index (κ1) is 14.0. The summed E-state index contributed by atoms with van der Waals surface area (Å²) in [6.45, 7) is -0.743. The Kier molecular flexibility index (Phi) is 5.03. The summed E-state index contributed by atoms with van der Waals surface area (Å²) in [7, 11) is -1.26. The van der Waals surface area contributed by atoms with Crippen LogP contribution in [0.25, 0.3) is 0 Å². The van der Waals surface area contributed by atoms with Crippen molar-refractivity contribution in [3.63, 3.8) is 0 Å². The largest absolute Gasteiger partial charge is 0.866 e. The molecule has 0 amide bonds. The molecule has 0 aliphatic heterocycles. The van der Waals surface area contributed by atoms with Gasteiger partial charge in [-0.25, -0.2) is 0 Å². The van der Waals surface area contributed by atoms with E-state index < -0.39 is 19.9 Å². The van der Waals surface area contributed by atoms with Crippen LogP contribution in [0.2, 0.25) is 0 Å². The van der Waals surface area contributed by atoms with E-state index in [4.69, 9.17) is 19.1 Å². The van der Waals surface area contributed by atoms with Crippen molar-refractivity contribution in [3.8, 4) is 11.5 Å². The van der Waals surface area contributed by atoms with E-state index in [1.165, 1.54) is 0 Å². The maximum absolute atomic E-state index is 11.2. The van der Waals surface area contributed by atoms with Crippen LogP contribution >= 0.6 is 0 Å². The third kappa shape index (κ3) is 4.33. The van der Waals surface area contributed by atoms with Crippen LogP contribution in [0.15, 0.2) is 60.7 Å². The zero-order chi connectivity index (χ0) is 14.2. The lowest BCUT2D eigenvalue weighted by molar-refractivity contribution is -0.139. The molecule has 0 fully saturated rings. The van der Waals surface area contributed by atoms with Crippen molar-refractivity contribution in [3.05, 3.63) is 60.7 Å². The highest BCUT2D eigenvalue weighted by atomic mass is 16.7. The molecular weight excluding hydrogens is 259 g/mol. The van der Waals surface area contributed by atoms with Gasteiger partial charge in [0, 0.05) is 0 Å². The van der Waals surface area contributed by atoms with Crippen molar-refractivity contribution in [2.75, 3.05) is 6.61 Å². The number of hydrogen-bond acceptors (Lipinski definition) is 5. The monoisotopic (exact) mass is 272 g/mol. The Morgan fingerprint density at radius 1 is 0.900 bits per heavy atom. The van der Waals surface area contributed by atoms with Crippen LogP contribution in [-0.4, -0.2) is 25.0 Å². The van der Waals surface area contributed by atoms with Gasteiger partial charge in [0.1, 0.15) is 18.1 Å². The highest BCUT2D eigenvalue weighted by Gasteiger charge is 2.32. The molecule has 0 unspecified atom stereocenters. The highest BCUT2D eigenvalue weighted by molar-refractivity contribution is 6.41. The maximum atomic E-state index is 11.2. The molecule has 0 bridgehead atoms. The molecule has 0 aromatic heterocycles. The highest BCUT2D eigenvalue weighted by Crippen LogP contribution is 2.14. The van der Waals surface area contributed by atoms with Gasteiger partial charge in [0.15, 0.2) is 0 Å². The van der Waals surface area contributed by atoms with E-state index in [-0.39, 0.29) is 0 Å². The molecule has 0 heterocycles. The van der Waals surface area contributed by atoms with Gasteiger partial charge in [-0.3, -0.25) is 4.79 Å². The third-order valence-electron chi connectivity index (χ3n) is 2.31. The van der Waals surface area contributed by atoms with Gasteiger partial charge in [0.2, 0.25) is 0 Å².